The Balaban J connectivity index is 1.56. The quantitative estimate of drug-likeness (QED) is 0.146. The Labute approximate surface area is 242 Å². The van der Waals surface area contributed by atoms with Gasteiger partial charge in [-0.1, -0.05) is 67.2 Å². The van der Waals surface area contributed by atoms with Crippen LogP contribution in [-0.4, -0.2) is 55.7 Å². The van der Waals surface area contributed by atoms with E-state index in [0.29, 0.717) is 22.1 Å². The fraction of sp³-hybridized carbons (Fsp3) is 0.233. The summed E-state index contributed by atoms with van der Waals surface area (Å²) in [7, 11) is -1.94. The second-order valence-electron chi connectivity index (χ2n) is 9.41. The molecule has 4 rings (SSSR count). The van der Waals surface area contributed by atoms with Crippen molar-refractivity contribution < 1.29 is 32.3 Å². The molecule has 3 aromatic carbocycles. The number of carbonyl (C=O) groups is 3. The first-order valence-corrected chi connectivity index (χ1v) is 15.6. The van der Waals surface area contributed by atoms with E-state index in [2.05, 4.69) is 11.9 Å². The highest BCUT2D eigenvalue weighted by molar-refractivity contribution is 8.72. The molecule has 2 amide bonds. The average molecular weight is 595 g/mol. The first-order chi connectivity index (χ1) is 19.6. The van der Waals surface area contributed by atoms with E-state index in [0.717, 1.165) is 10.5 Å². The van der Waals surface area contributed by atoms with Crippen LogP contribution in [0.1, 0.15) is 18.1 Å². The van der Waals surface area contributed by atoms with Gasteiger partial charge in [0.15, 0.2) is 6.04 Å². The predicted octanol–water partition coefficient (Wildman–Crippen LogP) is 3.70. The summed E-state index contributed by atoms with van der Waals surface area (Å²) < 4.78 is 37.2. The number of rotatable bonds is 12. The minimum Gasteiger partial charge on any atom is -0.497 e. The van der Waals surface area contributed by atoms with Gasteiger partial charge in [0.1, 0.15) is 23.8 Å². The minimum absolute atomic E-state index is 0.00125. The van der Waals surface area contributed by atoms with Gasteiger partial charge in [-0.3, -0.25) is 9.59 Å². The number of ether oxygens (including phenoxy) is 2. The van der Waals surface area contributed by atoms with E-state index in [-0.39, 0.29) is 23.5 Å². The number of nitrogens with one attached hydrogen (secondary N) is 1. The molecule has 0 aliphatic carbocycles. The Morgan fingerprint density at radius 3 is 2.17 bits per heavy atom. The van der Waals surface area contributed by atoms with Crippen molar-refractivity contribution in [1.29, 1.82) is 0 Å². The Kier molecular flexibility index (Phi) is 9.51. The maximum absolute atomic E-state index is 13.4. The summed E-state index contributed by atoms with van der Waals surface area (Å²) in [4.78, 5) is 40.7. The maximum atomic E-state index is 13.4. The van der Waals surface area contributed by atoms with E-state index in [9.17, 15) is 22.8 Å². The zero-order valence-corrected chi connectivity index (χ0v) is 24.2. The zero-order chi connectivity index (χ0) is 29.6. The maximum Gasteiger partial charge on any atom is 0.333 e. The van der Waals surface area contributed by atoms with Gasteiger partial charge in [-0.2, -0.15) is 0 Å². The van der Waals surface area contributed by atoms with E-state index in [1.807, 2.05) is 6.07 Å². The molecule has 1 saturated heterocycles. The number of carbonyl (C=O) groups excluding carboxylic acids is 3. The third kappa shape index (κ3) is 7.17. The Morgan fingerprint density at radius 2 is 1.59 bits per heavy atom. The lowest BCUT2D eigenvalue weighted by atomic mass is 9.99. The number of methoxy groups -OCH3 is 1. The zero-order valence-electron chi connectivity index (χ0n) is 22.6. The second kappa shape index (κ2) is 13.0. The van der Waals surface area contributed by atoms with Crippen LogP contribution in [0.4, 0.5) is 0 Å². The summed E-state index contributed by atoms with van der Waals surface area (Å²) >= 11 is 0. The Hall–Kier alpha value is -4.09. The fourth-order valence-electron chi connectivity index (χ4n) is 4.28. The number of likely N-dealkylation sites (tertiary alicyclic amines) is 1. The molecule has 3 atom stereocenters. The van der Waals surface area contributed by atoms with Crippen molar-refractivity contribution in [3.63, 3.8) is 0 Å². The summed E-state index contributed by atoms with van der Waals surface area (Å²) in [5.41, 5.74) is 1.71. The molecule has 41 heavy (non-hydrogen) atoms. The van der Waals surface area contributed by atoms with Crippen LogP contribution < -0.4 is 10.1 Å². The van der Waals surface area contributed by atoms with Crippen LogP contribution in [-0.2, 0) is 41.0 Å². The summed E-state index contributed by atoms with van der Waals surface area (Å²) in [6.45, 7) is 5.34. The molecular weight excluding hydrogens is 564 g/mol. The number of amides is 2. The van der Waals surface area contributed by atoms with Crippen molar-refractivity contribution in [3.05, 3.63) is 108 Å². The van der Waals surface area contributed by atoms with Crippen molar-refractivity contribution in [3.8, 4) is 5.75 Å². The number of hydrogen-bond donors (Lipinski definition) is 1. The van der Waals surface area contributed by atoms with E-state index < -0.39 is 44.1 Å². The molecule has 1 fully saturated rings. The van der Waals surface area contributed by atoms with Gasteiger partial charge in [0.2, 0.25) is 20.7 Å². The van der Waals surface area contributed by atoms with Crippen LogP contribution in [0.15, 0.2) is 102 Å². The Morgan fingerprint density at radius 1 is 0.976 bits per heavy atom. The van der Waals surface area contributed by atoms with Gasteiger partial charge in [0.25, 0.3) is 0 Å². The summed E-state index contributed by atoms with van der Waals surface area (Å²) in [5, 5.41) is 1.55. The van der Waals surface area contributed by atoms with Gasteiger partial charge in [-0.05, 0) is 47.9 Å². The number of β-lactam (4-membered cyclic amide) rings is 1. The molecular formula is C30H30N2O7S2. The van der Waals surface area contributed by atoms with Crippen molar-refractivity contribution in [1.82, 2.24) is 10.2 Å². The lowest BCUT2D eigenvalue weighted by Crippen LogP contribution is -2.73. The van der Waals surface area contributed by atoms with Gasteiger partial charge in [0.05, 0.1) is 18.4 Å². The van der Waals surface area contributed by atoms with Crippen LogP contribution in [0, 0.1) is 0 Å². The van der Waals surface area contributed by atoms with Crippen LogP contribution in [0.3, 0.4) is 0 Å². The van der Waals surface area contributed by atoms with Crippen LogP contribution >= 0.6 is 10.8 Å². The molecule has 0 spiro atoms. The van der Waals surface area contributed by atoms with E-state index in [4.69, 9.17) is 9.47 Å². The minimum atomic E-state index is -3.97. The highest BCUT2D eigenvalue weighted by atomic mass is 33.1. The fourth-order valence-corrected chi connectivity index (χ4v) is 7.81. The summed E-state index contributed by atoms with van der Waals surface area (Å²) in [6, 6.07) is 21.2. The molecule has 0 unspecified atom stereocenters. The molecule has 0 radical (unpaired) electrons. The lowest BCUT2D eigenvalue weighted by Gasteiger charge is -2.49. The number of nitrogens with zero attached hydrogens (tertiary/aromatic N) is 1. The van der Waals surface area contributed by atoms with Crippen LogP contribution in [0.25, 0.3) is 0 Å². The van der Waals surface area contributed by atoms with Crippen molar-refractivity contribution in [2.45, 2.75) is 42.3 Å². The Bertz CT molecular complexity index is 1510. The molecule has 1 heterocycles. The monoisotopic (exact) mass is 594 g/mol. The normalized spacial score (nSPS) is 17.2. The molecule has 1 aliphatic rings. The SMILES string of the molecule is C=C(C)[C@H](C(=O)OCc1ccc(OC)cc1)N1C(=O)[C@@H](NC(=O)Cc2ccccc2)[C@H]1SS(=O)(=O)c1ccccc1. The van der Waals surface area contributed by atoms with Gasteiger partial charge in [-0.15, -0.1) is 0 Å². The van der Waals surface area contributed by atoms with Crippen LogP contribution in [0.5, 0.6) is 5.75 Å². The topological polar surface area (TPSA) is 119 Å². The first kappa shape index (κ1) is 29.9. The van der Waals surface area contributed by atoms with Gasteiger partial charge < -0.3 is 19.7 Å². The molecule has 0 aromatic heterocycles. The number of esters is 1. The molecule has 1 N–H and O–H groups in total. The number of benzene rings is 3. The largest absolute Gasteiger partial charge is 0.497 e. The molecule has 3 aromatic rings. The lowest BCUT2D eigenvalue weighted by molar-refractivity contribution is -0.163. The molecule has 1 aliphatic heterocycles. The van der Waals surface area contributed by atoms with E-state index in [1.165, 1.54) is 12.1 Å². The highest BCUT2D eigenvalue weighted by Gasteiger charge is 2.55. The third-order valence-corrected chi connectivity index (χ3v) is 10.1. The third-order valence-electron chi connectivity index (χ3n) is 6.37. The smallest absolute Gasteiger partial charge is 0.333 e. The molecule has 11 heteroatoms. The molecule has 0 saturated carbocycles. The number of hydrogen-bond acceptors (Lipinski definition) is 8. The van der Waals surface area contributed by atoms with Gasteiger partial charge >= 0.3 is 5.97 Å². The second-order valence-corrected chi connectivity index (χ2v) is 13.4. The van der Waals surface area contributed by atoms with E-state index in [1.54, 1.807) is 80.8 Å². The van der Waals surface area contributed by atoms with Crippen molar-refractivity contribution in [2.24, 2.45) is 0 Å². The standard InChI is InChI=1S/C30H30N2O7S2/c1-20(2)27(30(35)39-19-22-14-16-23(38-3)17-15-22)32-28(34)26(31-25(33)18-21-10-6-4-7-11-21)29(32)40-41(36,37)24-12-8-5-9-13-24/h4-17,26-27,29H,1,18-19H2,2-3H3,(H,31,33)/t26-,27-,29-/m1/s1. The van der Waals surface area contributed by atoms with E-state index >= 15 is 0 Å². The first-order valence-electron chi connectivity index (χ1n) is 12.7. The van der Waals surface area contributed by atoms with Crippen molar-refractivity contribution in [2.75, 3.05) is 7.11 Å². The van der Waals surface area contributed by atoms with Crippen molar-refractivity contribution >= 4 is 37.4 Å². The molecule has 9 nitrogen and oxygen atoms in total. The van der Waals surface area contributed by atoms with Gasteiger partial charge in [-0.25, -0.2) is 13.2 Å². The summed E-state index contributed by atoms with van der Waals surface area (Å²) in [5.74, 6) is -1.18. The summed E-state index contributed by atoms with van der Waals surface area (Å²) in [6.07, 6.45) is 0.00125. The van der Waals surface area contributed by atoms with Gasteiger partial charge in [0, 0.05) is 10.8 Å². The average Bonchev–Trinajstić information content (AvgIpc) is 2.97. The molecule has 0 bridgehead atoms. The highest BCUT2D eigenvalue weighted by Crippen LogP contribution is 2.39. The molecule has 214 valence electrons. The predicted molar refractivity (Wildman–Crippen MR) is 155 cm³/mol. The van der Waals surface area contributed by atoms with Crippen LogP contribution in [0.2, 0.25) is 0 Å².